The Kier molecular flexibility index (Phi) is 11.5. The second kappa shape index (κ2) is 14.1. The third-order valence-electron chi connectivity index (χ3n) is 5.75. The first-order valence-electron chi connectivity index (χ1n) is 11.7. The fourth-order valence-corrected chi connectivity index (χ4v) is 3.86. The lowest BCUT2D eigenvalue weighted by atomic mass is 9.99. The Bertz CT molecular complexity index is 891. The topological polar surface area (TPSA) is 94.8 Å². The molecule has 0 aliphatic carbocycles. The van der Waals surface area contributed by atoms with Crippen LogP contribution in [-0.4, -0.2) is 41.7 Å². The van der Waals surface area contributed by atoms with Crippen LogP contribution in [0.15, 0.2) is 39.8 Å². The van der Waals surface area contributed by atoms with Gasteiger partial charge in [0.1, 0.15) is 0 Å². The molecule has 2 aromatic rings. The van der Waals surface area contributed by atoms with Crippen molar-refractivity contribution in [3.05, 3.63) is 47.3 Å². The Morgan fingerprint density at radius 2 is 1.91 bits per heavy atom. The first-order valence-corrected chi connectivity index (χ1v) is 11.7. The minimum absolute atomic E-state index is 0. The largest absolute Gasteiger partial charge is 0.359 e. The van der Waals surface area contributed by atoms with Crippen molar-refractivity contribution in [1.82, 2.24) is 20.7 Å². The normalized spacial score (nSPS) is 13.7. The zero-order chi connectivity index (χ0) is 22.8. The van der Waals surface area contributed by atoms with Crippen LogP contribution in [0.4, 0.5) is 10.5 Å². The van der Waals surface area contributed by atoms with Crippen molar-refractivity contribution in [3.63, 3.8) is 0 Å². The third kappa shape index (κ3) is 8.21. The van der Waals surface area contributed by atoms with Gasteiger partial charge in [-0.15, -0.1) is 24.0 Å². The van der Waals surface area contributed by atoms with E-state index in [2.05, 4.69) is 39.9 Å². The minimum atomic E-state index is -0.0297. The molecule has 2 heterocycles. The van der Waals surface area contributed by atoms with Crippen molar-refractivity contribution in [2.24, 2.45) is 4.99 Å². The van der Waals surface area contributed by atoms with Crippen LogP contribution in [0.2, 0.25) is 0 Å². The molecule has 1 aliphatic rings. The maximum absolute atomic E-state index is 12.3. The van der Waals surface area contributed by atoms with Crippen molar-refractivity contribution >= 4 is 41.7 Å². The number of halogens is 1. The molecule has 1 fully saturated rings. The smallest absolute Gasteiger partial charge is 0.321 e. The highest BCUT2D eigenvalue weighted by atomic mass is 127. The molecule has 0 bridgehead atoms. The van der Waals surface area contributed by atoms with E-state index in [-0.39, 0.29) is 30.0 Å². The molecule has 3 rings (SSSR count). The number of guanidine groups is 1. The Labute approximate surface area is 214 Å². The van der Waals surface area contributed by atoms with Crippen LogP contribution in [0.25, 0.3) is 0 Å². The SMILES string of the molecule is CCNC(=NCc1cccc(NC(=O)N2CCCC2)c1)NCc1cc(C(CC)CC)no1.I. The highest BCUT2D eigenvalue weighted by Gasteiger charge is 2.17. The molecule has 0 atom stereocenters. The summed E-state index contributed by atoms with van der Waals surface area (Å²) >= 11 is 0. The number of aliphatic imine (C=N–C) groups is 1. The highest BCUT2D eigenvalue weighted by Crippen LogP contribution is 2.22. The zero-order valence-electron chi connectivity index (χ0n) is 19.9. The van der Waals surface area contributed by atoms with Gasteiger partial charge in [0.25, 0.3) is 0 Å². The summed E-state index contributed by atoms with van der Waals surface area (Å²) in [6.07, 6.45) is 4.26. The molecule has 8 nitrogen and oxygen atoms in total. The Morgan fingerprint density at radius 3 is 2.61 bits per heavy atom. The van der Waals surface area contributed by atoms with Gasteiger partial charge in [0.15, 0.2) is 11.7 Å². The van der Waals surface area contributed by atoms with Crippen molar-refractivity contribution in [2.45, 2.75) is 65.5 Å². The van der Waals surface area contributed by atoms with Crippen molar-refractivity contribution in [3.8, 4) is 0 Å². The number of aromatic nitrogens is 1. The molecule has 9 heteroatoms. The number of hydrogen-bond donors (Lipinski definition) is 3. The van der Waals surface area contributed by atoms with Gasteiger partial charge < -0.3 is 25.4 Å². The number of nitrogens with one attached hydrogen (secondary N) is 3. The average molecular weight is 569 g/mol. The molecule has 0 radical (unpaired) electrons. The lowest BCUT2D eigenvalue weighted by Crippen LogP contribution is -2.36. The molecule has 33 heavy (non-hydrogen) atoms. The van der Waals surface area contributed by atoms with E-state index in [4.69, 9.17) is 4.52 Å². The van der Waals surface area contributed by atoms with E-state index in [0.717, 1.165) is 68.0 Å². The summed E-state index contributed by atoms with van der Waals surface area (Å²) in [5.41, 5.74) is 2.83. The van der Waals surface area contributed by atoms with Gasteiger partial charge >= 0.3 is 6.03 Å². The summed E-state index contributed by atoms with van der Waals surface area (Å²) in [6, 6.07) is 9.83. The second-order valence-electron chi connectivity index (χ2n) is 8.10. The first kappa shape index (κ1) is 26.9. The number of rotatable bonds is 9. The van der Waals surface area contributed by atoms with Crippen molar-refractivity contribution < 1.29 is 9.32 Å². The second-order valence-corrected chi connectivity index (χ2v) is 8.10. The van der Waals surface area contributed by atoms with Gasteiger partial charge in [0.2, 0.25) is 0 Å². The molecule has 0 unspecified atom stereocenters. The van der Waals surface area contributed by atoms with Gasteiger partial charge in [-0.2, -0.15) is 0 Å². The third-order valence-corrected chi connectivity index (χ3v) is 5.75. The lowest BCUT2D eigenvalue weighted by molar-refractivity contribution is 0.222. The Morgan fingerprint density at radius 1 is 1.15 bits per heavy atom. The van der Waals surface area contributed by atoms with Crippen molar-refractivity contribution in [1.29, 1.82) is 0 Å². The first-order chi connectivity index (χ1) is 15.6. The average Bonchev–Trinajstić information content (AvgIpc) is 3.50. The van der Waals surface area contributed by atoms with Crippen LogP contribution >= 0.6 is 24.0 Å². The summed E-state index contributed by atoms with van der Waals surface area (Å²) in [7, 11) is 0. The van der Waals surface area contributed by atoms with Crippen LogP contribution in [-0.2, 0) is 13.1 Å². The van der Waals surface area contributed by atoms with Gasteiger partial charge in [0.05, 0.1) is 18.8 Å². The van der Waals surface area contributed by atoms with Crippen LogP contribution in [0, 0.1) is 0 Å². The van der Waals surface area contributed by atoms with Crippen LogP contribution in [0.3, 0.4) is 0 Å². The van der Waals surface area contributed by atoms with E-state index in [0.29, 0.717) is 25.0 Å². The molecule has 1 aromatic heterocycles. The van der Waals surface area contributed by atoms with Gasteiger partial charge in [-0.1, -0.05) is 31.1 Å². The molecule has 1 aromatic carbocycles. The van der Waals surface area contributed by atoms with E-state index in [1.165, 1.54) is 0 Å². The fraction of sp³-hybridized carbons (Fsp3) is 0.542. The standard InChI is InChI=1S/C24H36N6O2.HI/c1-4-19(5-2)22-15-21(32-29-22)17-27-23(25-6-3)26-16-18-10-9-11-20(14-18)28-24(31)30-12-7-8-13-30;/h9-11,14-15,19H,4-8,12-13,16-17H2,1-3H3,(H,28,31)(H2,25,26,27);1H. The number of carbonyl (C=O) groups is 1. The predicted octanol–water partition coefficient (Wildman–Crippen LogP) is 5.08. The molecule has 0 saturated carbocycles. The number of amides is 2. The summed E-state index contributed by atoms with van der Waals surface area (Å²) < 4.78 is 5.50. The van der Waals surface area contributed by atoms with Gasteiger partial charge in [0, 0.05) is 37.3 Å². The van der Waals surface area contributed by atoms with Gasteiger partial charge in [-0.3, -0.25) is 0 Å². The number of benzene rings is 1. The molecule has 182 valence electrons. The zero-order valence-corrected chi connectivity index (χ0v) is 22.2. The highest BCUT2D eigenvalue weighted by molar-refractivity contribution is 14.0. The number of nitrogens with zero attached hydrogens (tertiary/aromatic N) is 3. The van der Waals surface area contributed by atoms with E-state index in [9.17, 15) is 4.79 Å². The monoisotopic (exact) mass is 568 g/mol. The minimum Gasteiger partial charge on any atom is -0.359 e. The van der Waals surface area contributed by atoms with Crippen LogP contribution in [0.5, 0.6) is 0 Å². The van der Waals surface area contributed by atoms with Crippen LogP contribution in [0.1, 0.15) is 69.4 Å². The Balaban J connectivity index is 0.00000385. The van der Waals surface area contributed by atoms with E-state index < -0.39 is 0 Å². The van der Waals surface area contributed by atoms with Gasteiger partial charge in [-0.25, -0.2) is 9.79 Å². The molecule has 0 spiro atoms. The Hall–Kier alpha value is -2.30. The number of hydrogen-bond acceptors (Lipinski definition) is 4. The number of carbonyl (C=O) groups excluding carboxylic acids is 1. The van der Waals surface area contributed by atoms with Gasteiger partial charge in [-0.05, 0) is 50.3 Å². The summed E-state index contributed by atoms with van der Waals surface area (Å²) in [4.78, 5) is 18.9. The molecular weight excluding hydrogens is 531 g/mol. The maximum atomic E-state index is 12.3. The molecule has 3 N–H and O–H groups in total. The summed E-state index contributed by atoms with van der Waals surface area (Å²) in [5.74, 6) is 1.94. The number of anilines is 1. The number of urea groups is 1. The van der Waals surface area contributed by atoms with Crippen molar-refractivity contribution in [2.75, 3.05) is 25.0 Å². The summed E-state index contributed by atoms with van der Waals surface area (Å²) in [5, 5.41) is 13.8. The van der Waals surface area contributed by atoms with E-state index in [1.54, 1.807) is 0 Å². The van der Waals surface area contributed by atoms with E-state index in [1.807, 2.05) is 42.2 Å². The quantitative estimate of drug-likeness (QED) is 0.223. The lowest BCUT2D eigenvalue weighted by Gasteiger charge is -2.16. The molecule has 2 amide bonds. The summed E-state index contributed by atoms with van der Waals surface area (Å²) in [6.45, 7) is 9.81. The number of likely N-dealkylation sites (tertiary alicyclic amines) is 1. The van der Waals surface area contributed by atoms with Crippen LogP contribution < -0.4 is 16.0 Å². The predicted molar refractivity (Wildman–Crippen MR) is 143 cm³/mol. The van der Waals surface area contributed by atoms with E-state index >= 15 is 0 Å². The fourth-order valence-electron chi connectivity index (χ4n) is 3.86. The maximum Gasteiger partial charge on any atom is 0.321 e. The molecule has 1 aliphatic heterocycles. The molecule has 1 saturated heterocycles. The molecular formula is C24H37IN6O2.